The number of aromatic nitrogens is 1. The summed E-state index contributed by atoms with van der Waals surface area (Å²) in [6.45, 7) is -0.0646. The van der Waals surface area contributed by atoms with Crippen LogP contribution in [0.2, 0.25) is 0 Å². The number of nitriles is 1. The molecule has 0 radical (unpaired) electrons. The third-order valence-electron chi connectivity index (χ3n) is 4.10. The first kappa shape index (κ1) is 20.3. The standard InChI is InChI=1S/C21H16N4O5/c22-11-16-10-18(25(28)29)12-24(21(16)27)13-20(26)23-17-6-8-19(9-7-17)30-14-15-4-2-1-3-5-15/h1-10,12H,13-14H2,(H,23,26). The van der Waals surface area contributed by atoms with Gasteiger partial charge in [0, 0.05) is 11.8 Å². The van der Waals surface area contributed by atoms with Crippen molar-refractivity contribution >= 4 is 17.3 Å². The molecule has 0 aliphatic carbocycles. The number of carbonyl (C=O) groups excluding carboxylic acids is 1. The first-order valence-corrected chi connectivity index (χ1v) is 8.82. The lowest BCUT2D eigenvalue weighted by Gasteiger charge is -2.09. The van der Waals surface area contributed by atoms with Gasteiger partial charge in [-0.2, -0.15) is 5.26 Å². The van der Waals surface area contributed by atoms with Crippen LogP contribution in [0.3, 0.4) is 0 Å². The fourth-order valence-electron chi connectivity index (χ4n) is 2.65. The smallest absolute Gasteiger partial charge is 0.287 e. The van der Waals surface area contributed by atoms with Crippen molar-refractivity contribution in [1.29, 1.82) is 5.26 Å². The van der Waals surface area contributed by atoms with E-state index in [1.807, 2.05) is 30.3 Å². The summed E-state index contributed by atoms with van der Waals surface area (Å²) in [4.78, 5) is 34.6. The molecule has 1 heterocycles. The maximum absolute atomic E-state index is 12.3. The molecule has 1 aromatic heterocycles. The molecule has 9 heteroatoms. The second-order valence-corrected chi connectivity index (χ2v) is 6.26. The van der Waals surface area contributed by atoms with Crippen molar-refractivity contribution in [2.24, 2.45) is 0 Å². The van der Waals surface area contributed by atoms with E-state index < -0.39 is 34.2 Å². The first-order valence-electron chi connectivity index (χ1n) is 8.82. The fraction of sp³-hybridized carbons (Fsp3) is 0.0952. The molecular weight excluding hydrogens is 388 g/mol. The van der Waals surface area contributed by atoms with E-state index in [9.17, 15) is 19.7 Å². The zero-order chi connectivity index (χ0) is 21.5. The molecule has 1 amide bonds. The maximum Gasteiger partial charge on any atom is 0.287 e. The fourth-order valence-corrected chi connectivity index (χ4v) is 2.65. The van der Waals surface area contributed by atoms with E-state index in [4.69, 9.17) is 10.00 Å². The topological polar surface area (TPSA) is 127 Å². The molecule has 0 unspecified atom stereocenters. The number of nitrogens with zero attached hydrogens (tertiary/aromatic N) is 3. The van der Waals surface area contributed by atoms with Gasteiger partial charge in [-0.1, -0.05) is 30.3 Å². The molecule has 3 aromatic rings. The highest BCUT2D eigenvalue weighted by Crippen LogP contribution is 2.17. The highest BCUT2D eigenvalue weighted by molar-refractivity contribution is 5.90. The molecule has 0 aliphatic rings. The Morgan fingerprint density at radius 2 is 1.87 bits per heavy atom. The number of hydrogen-bond donors (Lipinski definition) is 1. The zero-order valence-electron chi connectivity index (χ0n) is 15.6. The Balaban J connectivity index is 1.64. The van der Waals surface area contributed by atoms with Crippen LogP contribution in [0.1, 0.15) is 11.1 Å². The summed E-state index contributed by atoms with van der Waals surface area (Å²) in [5, 5.41) is 22.5. The molecular formula is C21H16N4O5. The highest BCUT2D eigenvalue weighted by atomic mass is 16.6. The Morgan fingerprint density at radius 3 is 2.50 bits per heavy atom. The minimum absolute atomic E-state index is 0.406. The van der Waals surface area contributed by atoms with Gasteiger partial charge in [0.1, 0.15) is 30.5 Å². The average Bonchev–Trinajstić information content (AvgIpc) is 2.75. The molecule has 9 nitrogen and oxygen atoms in total. The summed E-state index contributed by atoms with van der Waals surface area (Å²) in [5.41, 5.74) is -0.140. The van der Waals surface area contributed by atoms with Crippen molar-refractivity contribution in [3.63, 3.8) is 0 Å². The van der Waals surface area contributed by atoms with E-state index in [1.165, 1.54) is 0 Å². The van der Waals surface area contributed by atoms with Crippen molar-refractivity contribution < 1.29 is 14.5 Å². The number of pyridine rings is 1. The molecule has 3 rings (SSSR count). The first-order chi connectivity index (χ1) is 14.5. The van der Waals surface area contributed by atoms with Crippen molar-refractivity contribution in [2.75, 3.05) is 5.32 Å². The van der Waals surface area contributed by atoms with Gasteiger partial charge in [-0.25, -0.2) is 0 Å². The summed E-state index contributed by atoms with van der Waals surface area (Å²) < 4.78 is 6.51. The van der Waals surface area contributed by atoms with Crippen molar-refractivity contribution in [3.05, 3.63) is 98.5 Å². The van der Waals surface area contributed by atoms with Gasteiger partial charge in [0.15, 0.2) is 0 Å². The Bertz CT molecular complexity index is 1160. The van der Waals surface area contributed by atoms with Gasteiger partial charge in [0.05, 0.1) is 11.1 Å². The predicted molar refractivity (Wildman–Crippen MR) is 108 cm³/mol. The maximum atomic E-state index is 12.3. The number of hydrogen-bond acceptors (Lipinski definition) is 6. The van der Waals surface area contributed by atoms with Gasteiger partial charge in [-0.3, -0.25) is 24.3 Å². The van der Waals surface area contributed by atoms with Gasteiger partial charge in [0.2, 0.25) is 5.91 Å². The summed E-state index contributed by atoms with van der Waals surface area (Å²) in [6.07, 6.45) is 0.934. The van der Waals surface area contributed by atoms with Crippen molar-refractivity contribution in [2.45, 2.75) is 13.2 Å². The molecule has 1 N–H and O–H groups in total. The molecule has 0 atom stereocenters. The monoisotopic (exact) mass is 404 g/mol. The average molecular weight is 404 g/mol. The van der Waals surface area contributed by atoms with E-state index in [2.05, 4.69) is 5.32 Å². The largest absolute Gasteiger partial charge is 0.489 e. The van der Waals surface area contributed by atoms with Crippen LogP contribution in [0.15, 0.2) is 71.7 Å². The van der Waals surface area contributed by atoms with Crippen LogP contribution in [-0.2, 0) is 17.9 Å². The van der Waals surface area contributed by atoms with Crippen LogP contribution in [0.25, 0.3) is 0 Å². The van der Waals surface area contributed by atoms with E-state index in [-0.39, 0.29) is 0 Å². The number of nitrogens with one attached hydrogen (secondary N) is 1. The summed E-state index contributed by atoms with van der Waals surface area (Å²) in [7, 11) is 0. The number of ether oxygens (including phenoxy) is 1. The van der Waals surface area contributed by atoms with Gasteiger partial charge in [-0.15, -0.1) is 0 Å². The number of nitro groups is 1. The van der Waals surface area contributed by atoms with Gasteiger partial charge >= 0.3 is 0 Å². The molecule has 0 fully saturated rings. The van der Waals surface area contributed by atoms with Gasteiger partial charge in [0.25, 0.3) is 11.2 Å². The number of rotatable bonds is 7. The van der Waals surface area contributed by atoms with Crippen LogP contribution < -0.4 is 15.6 Å². The van der Waals surface area contributed by atoms with Crippen LogP contribution in [0.4, 0.5) is 11.4 Å². The Labute approximate surface area is 170 Å². The van der Waals surface area contributed by atoms with Crippen molar-refractivity contribution in [3.8, 4) is 11.8 Å². The van der Waals surface area contributed by atoms with Crippen LogP contribution in [-0.4, -0.2) is 15.4 Å². The molecule has 0 spiro atoms. The molecule has 30 heavy (non-hydrogen) atoms. The summed E-state index contributed by atoms with van der Waals surface area (Å²) in [6, 6.07) is 18.8. The third-order valence-corrected chi connectivity index (χ3v) is 4.10. The van der Waals surface area contributed by atoms with Crippen LogP contribution in [0.5, 0.6) is 5.75 Å². The number of carbonyl (C=O) groups is 1. The molecule has 150 valence electrons. The molecule has 0 aliphatic heterocycles. The van der Waals surface area contributed by atoms with Crippen LogP contribution >= 0.6 is 0 Å². The van der Waals surface area contributed by atoms with E-state index >= 15 is 0 Å². The lowest BCUT2D eigenvalue weighted by atomic mass is 10.2. The Kier molecular flexibility index (Phi) is 6.20. The molecule has 0 saturated heterocycles. The van der Waals surface area contributed by atoms with Crippen LogP contribution in [0, 0.1) is 21.4 Å². The van der Waals surface area contributed by atoms with E-state index in [1.54, 1.807) is 30.3 Å². The highest BCUT2D eigenvalue weighted by Gasteiger charge is 2.15. The van der Waals surface area contributed by atoms with Gasteiger partial charge < -0.3 is 10.1 Å². The molecule has 2 aromatic carbocycles. The quantitative estimate of drug-likeness (QED) is 0.476. The number of anilines is 1. The second-order valence-electron chi connectivity index (χ2n) is 6.26. The zero-order valence-corrected chi connectivity index (χ0v) is 15.6. The molecule has 0 bridgehead atoms. The van der Waals surface area contributed by atoms with Crippen molar-refractivity contribution in [1.82, 2.24) is 4.57 Å². The second kappa shape index (κ2) is 9.16. The SMILES string of the molecule is N#Cc1cc([N+](=O)[O-])cn(CC(=O)Nc2ccc(OCc3ccccc3)cc2)c1=O. The van der Waals surface area contributed by atoms with E-state index in [0.29, 0.717) is 18.0 Å². The third kappa shape index (κ3) is 5.08. The molecule has 0 saturated carbocycles. The Hall–Kier alpha value is -4.45. The lowest BCUT2D eigenvalue weighted by Crippen LogP contribution is -2.29. The predicted octanol–water partition coefficient (Wildman–Crippen LogP) is 2.85. The normalized spacial score (nSPS) is 10.1. The number of benzene rings is 2. The summed E-state index contributed by atoms with van der Waals surface area (Å²) >= 11 is 0. The minimum Gasteiger partial charge on any atom is -0.489 e. The van der Waals surface area contributed by atoms with E-state index in [0.717, 1.165) is 22.4 Å². The Morgan fingerprint density at radius 1 is 1.17 bits per heavy atom. The number of amides is 1. The minimum atomic E-state index is -0.775. The summed E-state index contributed by atoms with van der Waals surface area (Å²) in [5.74, 6) is 0.0462. The van der Waals surface area contributed by atoms with Gasteiger partial charge in [-0.05, 0) is 29.8 Å². The lowest BCUT2D eigenvalue weighted by molar-refractivity contribution is -0.385.